The van der Waals surface area contributed by atoms with Crippen LogP contribution >= 0.6 is 0 Å². The van der Waals surface area contributed by atoms with E-state index in [4.69, 9.17) is 5.26 Å². The summed E-state index contributed by atoms with van der Waals surface area (Å²) in [5.74, 6) is -0.187. The van der Waals surface area contributed by atoms with E-state index in [1.165, 1.54) is 12.3 Å². The molecule has 0 radical (unpaired) electrons. The van der Waals surface area contributed by atoms with E-state index in [1.807, 2.05) is 18.2 Å². The summed E-state index contributed by atoms with van der Waals surface area (Å²) in [4.78, 5) is 19.7. The number of hydrogen-bond donors (Lipinski definition) is 2. The lowest BCUT2D eigenvalue weighted by molar-refractivity contribution is 0.0953. The number of anilines is 1. The normalized spacial score (nSPS) is 9.67. The molecule has 0 fully saturated rings. The van der Waals surface area contributed by atoms with Gasteiger partial charge in [-0.15, -0.1) is 0 Å². The minimum Gasteiger partial charge on any atom is -0.384 e. The summed E-state index contributed by atoms with van der Waals surface area (Å²) in [6.07, 6.45) is 5.67. The Balaban J connectivity index is 1.68. The molecule has 0 saturated heterocycles. The number of amides is 1. The van der Waals surface area contributed by atoms with Crippen molar-refractivity contribution in [1.82, 2.24) is 15.3 Å². The van der Waals surface area contributed by atoms with Crippen LogP contribution in [0.3, 0.4) is 0 Å². The van der Waals surface area contributed by atoms with E-state index in [2.05, 4.69) is 20.6 Å². The molecular weight excluding hydrogens is 266 g/mol. The van der Waals surface area contributed by atoms with E-state index in [-0.39, 0.29) is 5.91 Å². The van der Waals surface area contributed by atoms with Crippen molar-refractivity contribution in [2.24, 2.45) is 0 Å². The maximum atomic E-state index is 11.8. The highest BCUT2D eigenvalue weighted by molar-refractivity contribution is 5.93. The average molecular weight is 281 g/mol. The second kappa shape index (κ2) is 7.60. The van der Waals surface area contributed by atoms with E-state index in [0.717, 1.165) is 18.7 Å². The third kappa shape index (κ3) is 4.58. The summed E-state index contributed by atoms with van der Waals surface area (Å²) in [5, 5.41) is 14.7. The summed E-state index contributed by atoms with van der Waals surface area (Å²) < 4.78 is 0. The molecule has 0 aromatic carbocycles. The second-order valence-electron chi connectivity index (χ2n) is 4.32. The van der Waals surface area contributed by atoms with Gasteiger partial charge in [-0.1, -0.05) is 0 Å². The number of nitrogens with zero attached hydrogens (tertiary/aromatic N) is 3. The molecule has 0 saturated carbocycles. The van der Waals surface area contributed by atoms with Crippen LogP contribution in [0.2, 0.25) is 0 Å². The molecule has 2 aromatic heterocycles. The van der Waals surface area contributed by atoms with Gasteiger partial charge in [-0.05, 0) is 30.7 Å². The fourth-order valence-electron chi connectivity index (χ4n) is 1.69. The Hall–Kier alpha value is -2.94. The Morgan fingerprint density at radius 2 is 2.14 bits per heavy atom. The number of nitrogens with one attached hydrogen (secondary N) is 2. The monoisotopic (exact) mass is 281 g/mol. The molecule has 6 heteroatoms. The molecule has 6 nitrogen and oxygen atoms in total. The van der Waals surface area contributed by atoms with Gasteiger partial charge in [0.05, 0.1) is 11.3 Å². The topological polar surface area (TPSA) is 90.7 Å². The Kier molecular flexibility index (Phi) is 5.24. The van der Waals surface area contributed by atoms with Gasteiger partial charge in [0, 0.05) is 31.7 Å². The zero-order chi connectivity index (χ0) is 14.9. The first-order chi connectivity index (χ1) is 10.3. The van der Waals surface area contributed by atoms with Crippen molar-refractivity contribution >= 4 is 11.6 Å². The fourth-order valence-corrected chi connectivity index (χ4v) is 1.69. The number of hydrogen-bond acceptors (Lipinski definition) is 5. The zero-order valence-corrected chi connectivity index (χ0v) is 11.4. The van der Waals surface area contributed by atoms with Crippen LogP contribution in [0.4, 0.5) is 5.69 Å². The van der Waals surface area contributed by atoms with Crippen LogP contribution < -0.4 is 10.6 Å². The molecule has 0 bridgehead atoms. The number of nitriles is 1. The molecule has 0 spiro atoms. The molecule has 1 amide bonds. The fraction of sp³-hybridized carbons (Fsp3) is 0.200. The molecule has 2 aromatic rings. The summed E-state index contributed by atoms with van der Waals surface area (Å²) in [7, 11) is 0. The van der Waals surface area contributed by atoms with Gasteiger partial charge in [0.2, 0.25) is 0 Å². The van der Waals surface area contributed by atoms with E-state index >= 15 is 0 Å². The molecule has 2 heterocycles. The Labute approximate surface area is 122 Å². The molecule has 21 heavy (non-hydrogen) atoms. The van der Waals surface area contributed by atoms with Gasteiger partial charge in [0.15, 0.2) is 0 Å². The first-order valence-electron chi connectivity index (χ1n) is 6.58. The number of pyridine rings is 2. The van der Waals surface area contributed by atoms with E-state index in [1.54, 1.807) is 18.5 Å². The molecule has 106 valence electrons. The van der Waals surface area contributed by atoms with E-state index in [9.17, 15) is 4.79 Å². The third-order valence-corrected chi connectivity index (χ3v) is 2.77. The predicted octanol–water partition coefficient (Wildman–Crippen LogP) is 1.58. The van der Waals surface area contributed by atoms with E-state index in [0.29, 0.717) is 17.8 Å². The van der Waals surface area contributed by atoms with Crippen molar-refractivity contribution in [2.75, 3.05) is 18.4 Å². The van der Waals surface area contributed by atoms with Gasteiger partial charge >= 0.3 is 0 Å². The van der Waals surface area contributed by atoms with Crippen LogP contribution in [-0.4, -0.2) is 29.0 Å². The van der Waals surface area contributed by atoms with Gasteiger partial charge in [0.1, 0.15) is 11.8 Å². The summed E-state index contributed by atoms with van der Waals surface area (Å²) in [5.41, 5.74) is 1.71. The van der Waals surface area contributed by atoms with Gasteiger partial charge in [-0.25, -0.2) is 4.98 Å². The van der Waals surface area contributed by atoms with Crippen LogP contribution in [0, 0.1) is 11.3 Å². The zero-order valence-electron chi connectivity index (χ0n) is 11.4. The van der Waals surface area contributed by atoms with Crippen LogP contribution in [0.15, 0.2) is 42.9 Å². The quantitative estimate of drug-likeness (QED) is 0.784. The maximum absolute atomic E-state index is 11.8. The van der Waals surface area contributed by atoms with Gasteiger partial charge in [-0.3, -0.25) is 9.78 Å². The van der Waals surface area contributed by atoms with Crippen LogP contribution in [0.5, 0.6) is 0 Å². The number of aromatic nitrogens is 2. The van der Waals surface area contributed by atoms with Crippen molar-refractivity contribution in [3.8, 4) is 6.07 Å². The first kappa shape index (κ1) is 14.5. The summed E-state index contributed by atoms with van der Waals surface area (Å²) in [6.45, 7) is 1.31. The third-order valence-electron chi connectivity index (χ3n) is 2.77. The Morgan fingerprint density at radius 3 is 2.81 bits per heavy atom. The minimum atomic E-state index is -0.187. The molecular formula is C15H15N5O. The maximum Gasteiger partial charge on any atom is 0.252 e. The number of carbonyl (C=O) groups is 1. The molecule has 0 atom stereocenters. The van der Waals surface area contributed by atoms with Crippen molar-refractivity contribution in [3.63, 3.8) is 0 Å². The van der Waals surface area contributed by atoms with E-state index < -0.39 is 0 Å². The van der Waals surface area contributed by atoms with Crippen molar-refractivity contribution in [1.29, 1.82) is 5.26 Å². The molecule has 0 aliphatic rings. The minimum absolute atomic E-state index is 0.187. The van der Waals surface area contributed by atoms with Gasteiger partial charge in [-0.2, -0.15) is 5.26 Å². The molecule has 0 aliphatic carbocycles. The van der Waals surface area contributed by atoms with Gasteiger partial charge in [0.25, 0.3) is 5.91 Å². The lowest BCUT2D eigenvalue weighted by atomic mass is 10.2. The SMILES string of the molecule is N#Cc1ccc(C(=O)NCCCNc2cccnc2)cn1. The predicted molar refractivity (Wildman–Crippen MR) is 78.6 cm³/mol. The number of rotatable bonds is 6. The van der Waals surface area contributed by atoms with Crippen LogP contribution in [0.25, 0.3) is 0 Å². The number of carbonyl (C=O) groups excluding carboxylic acids is 1. The molecule has 0 unspecified atom stereocenters. The highest BCUT2D eigenvalue weighted by Gasteiger charge is 2.05. The highest BCUT2D eigenvalue weighted by Crippen LogP contribution is 2.02. The second-order valence-corrected chi connectivity index (χ2v) is 4.32. The highest BCUT2D eigenvalue weighted by atomic mass is 16.1. The van der Waals surface area contributed by atoms with Crippen molar-refractivity contribution in [2.45, 2.75) is 6.42 Å². The summed E-state index contributed by atoms with van der Waals surface area (Å²) >= 11 is 0. The summed E-state index contributed by atoms with van der Waals surface area (Å²) in [6, 6.07) is 8.83. The first-order valence-corrected chi connectivity index (χ1v) is 6.58. The largest absolute Gasteiger partial charge is 0.384 e. The lowest BCUT2D eigenvalue weighted by Crippen LogP contribution is -2.26. The Bertz CT molecular complexity index is 619. The van der Waals surface area contributed by atoms with Crippen LogP contribution in [0.1, 0.15) is 22.5 Å². The Morgan fingerprint density at radius 1 is 1.24 bits per heavy atom. The van der Waals surface area contributed by atoms with Crippen LogP contribution in [-0.2, 0) is 0 Å². The van der Waals surface area contributed by atoms with Crippen molar-refractivity contribution in [3.05, 3.63) is 54.1 Å². The standard InChI is InChI=1S/C15H15N5O/c16-9-13-5-4-12(10-20-13)15(21)19-8-2-7-18-14-3-1-6-17-11-14/h1,3-6,10-11,18H,2,7-8H2,(H,19,21). The average Bonchev–Trinajstić information content (AvgIpc) is 2.55. The molecule has 2 rings (SSSR count). The smallest absolute Gasteiger partial charge is 0.252 e. The lowest BCUT2D eigenvalue weighted by Gasteiger charge is -2.07. The molecule has 0 aliphatic heterocycles. The van der Waals surface area contributed by atoms with Crippen molar-refractivity contribution < 1.29 is 4.79 Å². The van der Waals surface area contributed by atoms with Gasteiger partial charge < -0.3 is 10.6 Å². The molecule has 2 N–H and O–H groups in total.